The summed E-state index contributed by atoms with van der Waals surface area (Å²) in [5, 5.41) is 8.26. The molecule has 1 aromatic carbocycles. The fraction of sp³-hybridized carbons (Fsp3) is 0.429. The highest BCUT2D eigenvalue weighted by Gasteiger charge is 2.30. The zero-order valence-corrected chi connectivity index (χ0v) is 10.9. The molecule has 1 atom stereocenters. The molecule has 1 aliphatic rings. The Bertz CT molecular complexity index is 543. The maximum Gasteiger partial charge on any atom is 0.174 e. The molecule has 2 aromatic rings. The third-order valence-corrected chi connectivity index (χ3v) is 3.23. The average molecular weight is 243 g/mol. The summed E-state index contributed by atoms with van der Waals surface area (Å²) in [6.45, 7) is 6.42. The van der Waals surface area contributed by atoms with E-state index < -0.39 is 0 Å². The van der Waals surface area contributed by atoms with Crippen molar-refractivity contribution >= 4 is 0 Å². The minimum absolute atomic E-state index is 0.0240. The van der Waals surface area contributed by atoms with Crippen molar-refractivity contribution < 1.29 is 4.74 Å². The Labute approximate surface area is 107 Å². The fourth-order valence-corrected chi connectivity index (χ4v) is 2.31. The van der Waals surface area contributed by atoms with Crippen LogP contribution in [0.3, 0.4) is 0 Å². The maximum atomic E-state index is 5.96. The normalized spacial score (nSPS) is 18.5. The van der Waals surface area contributed by atoms with Crippen LogP contribution in [0.4, 0.5) is 0 Å². The standard InChI is InChI=1S/C14H17N3O/c1-14(2,3)17-9-15-16-13(17)12-8-10-6-4-5-7-11(10)18-12/h4-7,9,12H,8H2,1-3H3. The second-order valence-corrected chi connectivity index (χ2v) is 5.65. The SMILES string of the molecule is CC(C)(C)n1cnnc1C1Cc2ccccc2O1. The number of nitrogens with zero attached hydrogens (tertiary/aromatic N) is 3. The summed E-state index contributed by atoms with van der Waals surface area (Å²) in [7, 11) is 0. The monoisotopic (exact) mass is 243 g/mol. The van der Waals surface area contributed by atoms with Gasteiger partial charge in [-0.25, -0.2) is 0 Å². The Kier molecular flexibility index (Phi) is 2.40. The van der Waals surface area contributed by atoms with Crippen LogP contribution in [-0.2, 0) is 12.0 Å². The van der Waals surface area contributed by atoms with Crippen LogP contribution < -0.4 is 4.74 Å². The Balaban J connectivity index is 1.94. The van der Waals surface area contributed by atoms with Crippen LogP contribution in [0.5, 0.6) is 5.75 Å². The van der Waals surface area contributed by atoms with E-state index in [0.29, 0.717) is 0 Å². The van der Waals surface area contributed by atoms with Gasteiger partial charge in [-0.1, -0.05) is 18.2 Å². The lowest BCUT2D eigenvalue weighted by Gasteiger charge is -2.24. The summed E-state index contributed by atoms with van der Waals surface area (Å²) in [6, 6.07) is 8.15. The van der Waals surface area contributed by atoms with Crippen molar-refractivity contribution in [3.05, 3.63) is 42.0 Å². The van der Waals surface area contributed by atoms with E-state index in [1.807, 2.05) is 18.2 Å². The maximum absolute atomic E-state index is 5.96. The van der Waals surface area contributed by atoms with E-state index in [1.54, 1.807) is 6.33 Å². The molecule has 0 aliphatic carbocycles. The highest BCUT2D eigenvalue weighted by molar-refractivity contribution is 5.38. The van der Waals surface area contributed by atoms with Crippen molar-refractivity contribution in [3.63, 3.8) is 0 Å². The van der Waals surface area contributed by atoms with Gasteiger partial charge in [0.2, 0.25) is 0 Å². The molecule has 94 valence electrons. The molecule has 4 heteroatoms. The highest BCUT2D eigenvalue weighted by Crippen LogP contribution is 2.36. The number of hydrogen-bond donors (Lipinski definition) is 0. The molecule has 1 unspecified atom stereocenters. The zero-order valence-electron chi connectivity index (χ0n) is 10.9. The van der Waals surface area contributed by atoms with Crippen molar-refractivity contribution in [3.8, 4) is 5.75 Å². The molecule has 2 heterocycles. The van der Waals surface area contributed by atoms with Crippen LogP contribution in [0.15, 0.2) is 30.6 Å². The van der Waals surface area contributed by atoms with Crippen molar-refractivity contribution in [1.29, 1.82) is 0 Å². The summed E-state index contributed by atoms with van der Waals surface area (Å²) < 4.78 is 8.05. The fourth-order valence-electron chi connectivity index (χ4n) is 2.31. The highest BCUT2D eigenvalue weighted by atomic mass is 16.5. The molecule has 1 aliphatic heterocycles. The van der Waals surface area contributed by atoms with Gasteiger partial charge in [0.1, 0.15) is 12.1 Å². The number of ether oxygens (including phenoxy) is 1. The zero-order chi connectivity index (χ0) is 12.8. The van der Waals surface area contributed by atoms with E-state index in [0.717, 1.165) is 18.0 Å². The van der Waals surface area contributed by atoms with E-state index in [-0.39, 0.29) is 11.6 Å². The van der Waals surface area contributed by atoms with Gasteiger partial charge >= 0.3 is 0 Å². The molecule has 0 saturated carbocycles. The molecule has 4 nitrogen and oxygen atoms in total. The Morgan fingerprint density at radius 3 is 2.78 bits per heavy atom. The Morgan fingerprint density at radius 2 is 2.06 bits per heavy atom. The van der Waals surface area contributed by atoms with Gasteiger partial charge in [0.25, 0.3) is 0 Å². The number of benzene rings is 1. The first-order chi connectivity index (χ1) is 8.55. The van der Waals surface area contributed by atoms with E-state index in [4.69, 9.17) is 4.74 Å². The van der Waals surface area contributed by atoms with Gasteiger partial charge in [0.05, 0.1) is 0 Å². The molecule has 0 bridgehead atoms. The first-order valence-electron chi connectivity index (χ1n) is 6.20. The van der Waals surface area contributed by atoms with Gasteiger partial charge in [-0.05, 0) is 32.4 Å². The van der Waals surface area contributed by atoms with E-state index in [1.165, 1.54) is 5.56 Å². The number of hydrogen-bond acceptors (Lipinski definition) is 3. The van der Waals surface area contributed by atoms with Crippen LogP contribution in [0.2, 0.25) is 0 Å². The predicted octanol–water partition coefficient (Wildman–Crippen LogP) is 2.71. The molecule has 0 fully saturated rings. The minimum atomic E-state index is -0.0308. The van der Waals surface area contributed by atoms with Crippen LogP contribution >= 0.6 is 0 Å². The summed E-state index contributed by atoms with van der Waals surface area (Å²) in [5.74, 6) is 1.87. The number of para-hydroxylation sites is 1. The van der Waals surface area contributed by atoms with Crippen LogP contribution in [0.1, 0.15) is 38.3 Å². The second kappa shape index (κ2) is 3.83. The molecular formula is C14H17N3O. The molecule has 3 rings (SSSR count). The van der Waals surface area contributed by atoms with E-state index in [9.17, 15) is 0 Å². The minimum Gasteiger partial charge on any atom is -0.482 e. The van der Waals surface area contributed by atoms with Gasteiger partial charge in [-0.3, -0.25) is 0 Å². The smallest absolute Gasteiger partial charge is 0.174 e. The number of aromatic nitrogens is 3. The first kappa shape index (κ1) is 11.3. The first-order valence-corrected chi connectivity index (χ1v) is 6.20. The average Bonchev–Trinajstić information content (AvgIpc) is 2.94. The lowest BCUT2D eigenvalue weighted by molar-refractivity contribution is 0.209. The molecule has 0 saturated heterocycles. The molecule has 0 amide bonds. The van der Waals surface area contributed by atoms with Crippen molar-refractivity contribution in [2.24, 2.45) is 0 Å². The number of rotatable bonds is 1. The second-order valence-electron chi connectivity index (χ2n) is 5.65. The lowest BCUT2D eigenvalue weighted by atomic mass is 10.1. The summed E-state index contributed by atoms with van der Waals surface area (Å²) >= 11 is 0. The Morgan fingerprint density at radius 1 is 1.28 bits per heavy atom. The molecule has 0 radical (unpaired) electrons. The van der Waals surface area contributed by atoms with E-state index in [2.05, 4.69) is 41.6 Å². The van der Waals surface area contributed by atoms with Crippen molar-refractivity contribution in [1.82, 2.24) is 14.8 Å². The Hall–Kier alpha value is -1.84. The lowest BCUT2D eigenvalue weighted by Crippen LogP contribution is -2.25. The summed E-state index contributed by atoms with van der Waals surface area (Å²) in [4.78, 5) is 0. The van der Waals surface area contributed by atoms with E-state index >= 15 is 0 Å². The predicted molar refractivity (Wildman–Crippen MR) is 68.5 cm³/mol. The van der Waals surface area contributed by atoms with Gasteiger partial charge < -0.3 is 9.30 Å². The van der Waals surface area contributed by atoms with Gasteiger partial charge in [0, 0.05) is 12.0 Å². The molecule has 0 N–H and O–H groups in total. The third kappa shape index (κ3) is 1.78. The van der Waals surface area contributed by atoms with Crippen LogP contribution in [-0.4, -0.2) is 14.8 Å². The molecule has 0 spiro atoms. The van der Waals surface area contributed by atoms with Gasteiger partial charge in [0.15, 0.2) is 11.9 Å². The quantitative estimate of drug-likeness (QED) is 0.773. The molecular weight excluding hydrogens is 226 g/mol. The van der Waals surface area contributed by atoms with Gasteiger partial charge in [-0.15, -0.1) is 10.2 Å². The van der Waals surface area contributed by atoms with Crippen LogP contribution in [0, 0.1) is 0 Å². The summed E-state index contributed by atoms with van der Waals surface area (Å²) in [5.41, 5.74) is 1.21. The molecule has 18 heavy (non-hydrogen) atoms. The van der Waals surface area contributed by atoms with Crippen LogP contribution in [0.25, 0.3) is 0 Å². The third-order valence-electron chi connectivity index (χ3n) is 3.23. The summed E-state index contributed by atoms with van der Waals surface area (Å²) in [6.07, 6.45) is 2.62. The molecule has 1 aromatic heterocycles. The topological polar surface area (TPSA) is 39.9 Å². The number of fused-ring (bicyclic) bond motifs is 1. The van der Waals surface area contributed by atoms with Crippen molar-refractivity contribution in [2.45, 2.75) is 38.8 Å². The largest absolute Gasteiger partial charge is 0.482 e. The van der Waals surface area contributed by atoms with Gasteiger partial charge in [-0.2, -0.15) is 0 Å². The van der Waals surface area contributed by atoms with Crippen molar-refractivity contribution in [2.75, 3.05) is 0 Å².